The second-order valence-electron chi connectivity index (χ2n) is 4.38. The molecule has 1 aromatic heterocycles. The summed E-state index contributed by atoms with van der Waals surface area (Å²) in [6, 6.07) is 7.54. The molecule has 1 aromatic carbocycles. The predicted molar refractivity (Wildman–Crippen MR) is 60.6 cm³/mol. The third-order valence-electron chi connectivity index (χ3n) is 2.70. The molecular formula is C12H14F2N2. The Labute approximate surface area is 92.5 Å². The van der Waals surface area contributed by atoms with Crippen molar-refractivity contribution >= 4 is 10.9 Å². The van der Waals surface area contributed by atoms with Gasteiger partial charge in [0.25, 0.3) is 6.43 Å². The quantitative estimate of drug-likeness (QED) is 0.827. The molecule has 2 nitrogen and oxygen atoms in total. The standard InChI is InChI=1S/C12H14F2N2/c1-12(15,11(13)14)7-8-2-3-9-4-5-16-10(9)6-8/h2-6,11,16H,7,15H2,1H3. The Kier molecular flexibility index (Phi) is 2.68. The summed E-state index contributed by atoms with van der Waals surface area (Å²) < 4.78 is 25.2. The van der Waals surface area contributed by atoms with E-state index in [4.69, 9.17) is 5.73 Å². The monoisotopic (exact) mass is 224 g/mol. The Bertz CT molecular complexity index is 488. The number of halogens is 2. The maximum Gasteiger partial charge on any atom is 0.256 e. The molecule has 3 N–H and O–H groups in total. The number of rotatable bonds is 3. The van der Waals surface area contributed by atoms with Crippen LogP contribution in [-0.4, -0.2) is 16.9 Å². The Balaban J connectivity index is 2.27. The molecule has 1 heterocycles. The summed E-state index contributed by atoms with van der Waals surface area (Å²) in [5, 5.41) is 1.07. The first kappa shape index (κ1) is 11.1. The second kappa shape index (κ2) is 3.87. The minimum Gasteiger partial charge on any atom is -0.361 e. The van der Waals surface area contributed by atoms with E-state index in [1.54, 1.807) is 0 Å². The van der Waals surface area contributed by atoms with Crippen LogP contribution in [0.1, 0.15) is 12.5 Å². The molecule has 1 unspecified atom stereocenters. The predicted octanol–water partition coefficient (Wildman–Crippen LogP) is 2.69. The average molecular weight is 224 g/mol. The Morgan fingerprint density at radius 1 is 1.38 bits per heavy atom. The summed E-state index contributed by atoms with van der Waals surface area (Å²) >= 11 is 0. The zero-order valence-electron chi connectivity index (χ0n) is 9.00. The number of fused-ring (bicyclic) bond motifs is 1. The summed E-state index contributed by atoms with van der Waals surface area (Å²) in [7, 11) is 0. The normalized spacial score (nSPS) is 15.6. The molecule has 0 spiro atoms. The zero-order valence-corrected chi connectivity index (χ0v) is 9.00. The number of hydrogen-bond acceptors (Lipinski definition) is 1. The van der Waals surface area contributed by atoms with E-state index in [-0.39, 0.29) is 6.42 Å². The molecule has 0 radical (unpaired) electrons. The number of hydrogen-bond donors (Lipinski definition) is 2. The molecule has 0 saturated heterocycles. The van der Waals surface area contributed by atoms with Gasteiger partial charge in [-0.05, 0) is 36.4 Å². The maximum absolute atomic E-state index is 12.6. The lowest BCUT2D eigenvalue weighted by molar-refractivity contribution is 0.0639. The third kappa shape index (κ3) is 2.07. The fourth-order valence-electron chi connectivity index (χ4n) is 1.72. The maximum atomic E-state index is 12.6. The van der Waals surface area contributed by atoms with E-state index in [9.17, 15) is 8.78 Å². The first-order valence-corrected chi connectivity index (χ1v) is 5.12. The molecular weight excluding hydrogens is 210 g/mol. The fraction of sp³-hybridized carbons (Fsp3) is 0.333. The first-order valence-electron chi connectivity index (χ1n) is 5.12. The van der Waals surface area contributed by atoms with Gasteiger partial charge in [0.1, 0.15) is 0 Å². The van der Waals surface area contributed by atoms with Gasteiger partial charge in [-0.3, -0.25) is 0 Å². The summed E-state index contributed by atoms with van der Waals surface area (Å²) in [6.07, 6.45) is -0.533. The van der Waals surface area contributed by atoms with E-state index in [1.807, 2.05) is 30.5 Å². The lowest BCUT2D eigenvalue weighted by Gasteiger charge is -2.23. The molecule has 0 amide bonds. The molecule has 0 aliphatic rings. The third-order valence-corrected chi connectivity index (χ3v) is 2.70. The van der Waals surface area contributed by atoms with Gasteiger partial charge in [-0.2, -0.15) is 0 Å². The molecule has 86 valence electrons. The van der Waals surface area contributed by atoms with Crippen LogP contribution >= 0.6 is 0 Å². The molecule has 1 atom stereocenters. The molecule has 2 rings (SSSR count). The molecule has 16 heavy (non-hydrogen) atoms. The number of H-pyrrole nitrogens is 1. The number of alkyl halides is 2. The summed E-state index contributed by atoms with van der Waals surface area (Å²) in [5.41, 5.74) is 5.85. The van der Waals surface area contributed by atoms with Crippen LogP contribution in [0, 0.1) is 0 Å². The number of nitrogens with two attached hydrogens (primary N) is 1. The van der Waals surface area contributed by atoms with Crippen LogP contribution in [0.3, 0.4) is 0 Å². The highest BCUT2D eigenvalue weighted by molar-refractivity contribution is 5.79. The van der Waals surface area contributed by atoms with E-state index in [2.05, 4.69) is 4.98 Å². The fourth-order valence-corrected chi connectivity index (χ4v) is 1.72. The van der Waals surface area contributed by atoms with Crippen LogP contribution in [0.4, 0.5) is 8.78 Å². The van der Waals surface area contributed by atoms with Gasteiger partial charge in [-0.15, -0.1) is 0 Å². The minimum atomic E-state index is -2.52. The first-order chi connectivity index (χ1) is 7.49. The van der Waals surface area contributed by atoms with E-state index in [1.165, 1.54) is 6.92 Å². The smallest absolute Gasteiger partial charge is 0.256 e. The summed E-state index contributed by atoms with van der Waals surface area (Å²) in [6.45, 7) is 1.37. The number of benzene rings is 1. The zero-order chi connectivity index (χ0) is 11.8. The van der Waals surface area contributed by atoms with Gasteiger partial charge in [-0.25, -0.2) is 8.78 Å². The van der Waals surface area contributed by atoms with E-state index < -0.39 is 12.0 Å². The van der Waals surface area contributed by atoms with Crippen LogP contribution in [-0.2, 0) is 6.42 Å². The van der Waals surface area contributed by atoms with Crippen molar-refractivity contribution in [2.45, 2.75) is 25.3 Å². The molecule has 0 fully saturated rings. The topological polar surface area (TPSA) is 41.8 Å². The SMILES string of the molecule is CC(N)(Cc1ccc2cc[nH]c2c1)C(F)F. The molecule has 2 aromatic rings. The molecule has 0 bridgehead atoms. The highest BCUT2D eigenvalue weighted by Crippen LogP contribution is 2.21. The Hall–Kier alpha value is -1.42. The van der Waals surface area contributed by atoms with Crippen molar-refractivity contribution in [1.29, 1.82) is 0 Å². The highest BCUT2D eigenvalue weighted by Gasteiger charge is 2.30. The van der Waals surface area contributed by atoms with Gasteiger partial charge in [-0.1, -0.05) is 12.1 Å². The van der Waals surface area contributed by atoms with E-state index >= 15 is 0 Å². The van der Waals surface area contributed by atoms with Gasteiger partial charge < -0.3 is 10.7 Å². The molecule has 0 aliphatic heterocycles. The Morgan fingerprint density at radius 3 is 2.81 bits per heavy atom. The lowest BCUT2D eigenvalue weighted by Crippen LogP contribution is -2.45. The number of aromatic nitrogens is 1. The van der Waals surface area contributed by atoms with Crippen LogP contribution in [0.25, 0.3) is 10.9 Å². The summed E-state index contributed by atoms with van der Waals surface area (Å²) in [4.78, 5) is 3.05. The van der Waals surface area contributed by atoms with Gasteiger partial charge in [0.15, 0.2) is 0 Å². The lowest BCUT2D eigenvalue weighted by atomic mass is 9.94. The van der Waals surface area contributed by atoms with Crippen molar-refractivity contribution < 1.29 is 8.78 Å². The van der Waals surface area contributed by atoms with Crippen molar-refractivity contribution in [2.24, 2.45) is 5.73 Å². The Morgan fingerprint density at radius 2 is 2.12 bits per heavy atom. The van der Waals surface area contributed by atoms with Crippen molar-refractivity contribution in [1.82, 2.24) is 4.98 Å². The number of nitrogens with one attached hydrogen (secondary N) is 1. The minimum absolute atomic E-state index is 0.166. The van der Waals surface area contributed by atoms with Crippen LogP contribution in [0.15, 0.2) is 30.5 Å². The van der Waals surface area contributed by atoms with Gasteiger partial charge >= 0.3 is 0 Å². The van der Waals surface area contributed by atoms with Crippen molar-refractivity contribution in [3.05, 3.63) is 36.0 Å². The van der Waals surface area contributed by atoms with E-state index in [0.29, 0.717) is 0 Å². The van der Waals surface area contributed by atoms with Crippen LogP contribution < -0.4 is 5.73 Å². The van der Waals surface area contributed by atoms with Gasteiger partial charge in [0, 0.05) is 11.7 Å². The molecule has 4 heteroatoms. The molecule has 0 aliphatic carbocycles. The van der Waals surface area contributed by atoms with E-state index in [0.717, 1.165) is 16.5 Å². The highest BCUT2D eigenvalue weighted by atomic mass is 19.3. The number of aromatic amines is 1. The van der Waals surface area contributed by atoms with Crippen molar-refractivity contribution in [3.8, 4) is 0 Å². The summed E-state index contributed by atoms with van der Waals surface area (Å²) in [5.74, 6) is 0. The van der Waals surface area contributed by atoms with Crippen LogP contribution in [0.5, 0.6) is 0 Å². The van der Waals surface area contributed by atoms with Gasteiger partial charge in [0.2, 0.25) is 0 Å². The second-order valence-corrected chi connectivity index (χ2v) is 4.38. The van der Waals surface area contributed by atoms with Crippen molar-refractivity contribution in [2.75, 3.05) is 0 Å². The average Bonchev–Trinajstić information content (AvgIpc) is 2.63. The largest absolute Gasteiger partial charge is 0.361 e. The molecule has 0 saturated carbocycles. The van der Waals surface area contributed by atoms with Crippen molar-refractivity contribution in [3.63, 3.8) is 0 Å². The van der Waals surface area contributed by atoms with Crippen LogP contribution in [0.2, 0.25) is 0 Å². The van der Waals surface area contributed by atoms with Gasteiger partial charge in [0.05, 0.1) is 5.54 Å².